The lowest BCUT2D eigenvalue weighted by atomic mass is 9.78. The zero-order valence-electron chi connectivity index (χ0n) is 29.6. The van der Waals surface area contributed by atoms with Crippen molar-refractivity contribution < 1.29 is 58.2 Å². The number of ketones is 3. The number of benzene rings is 1. The van der Waals surface area contributed by atoms with Gasteiger partial charge < -0.3 is 39.6 Å². The fourth-order valence-corrected chi connectivity index (χ4v) is 6.62. The van der Waals surface area contributed by atoms with Crippen molar-refractivity contribution in [1.29, 1.82) is 0 Å². The van der Waals surface area contributed by atoms with Gasteiger partial charge in [0, 0.05) is 61.8 Å². The van der Waals surface area contributed by atoms with Crippen LogP contribution in [0.5, 0.6) is 11.5 Å². The highest BCUT2D eigenvalue weighted by atomic mass is 16.7. The number of Topliss-reactive ketones (excluding diaryl/α,β-unsaturated/α-hetero) is 2. The van der Waals surface area contributed by atoms with Gasteiger partial charge in [-0.3, -0.25) is 24.0 Å². The second kappa shape index (κ2) is 14.7. The summed E-state index contributed by atoms with van der Waals surface area (Å²) in [7, 11) is 1.42. The molecule has 1 aliphatic carbocycles. The number of methoxy groups -OCH3 is 1. The first-order chi connectivity index (χ1) is 23.4. The van der Waals surface area contributed by atoms with Crippen molar-refractivity contribution >= 4 is 29.2 Å². The lowest BCUT2D eigenvalue weighted by molar-refractivity contribution is -0.160. The molecule has 5 rings (SSSR count). The molecular weight excluding hydrogens is 650 g/mol. The van der Waals surface area contributed by atoms with Crippen molar-refractivity contribution in [1.82, 2.24) is 5.32 Å². The van der Waals surface area contributed by atoms with Crippen LogP contribution in [0.15, 0.2) is 47.9 Å². The number of aliphatic hydroxyl groups is 2. The van der Waals surface area contributed by atoms with Crippen LogP contribution in [0.3, 0.4) is 0 Å². The largest absolute Gasteiger partial charge is 0.507 e. The highest BCUT2D eigenvalue weighted by Gasteiger charge is 2.51. The molecule has 270 valence electrons. The molecule has 4 aliphatic rings. The van der Waals surface area contributed by atoms with Crippen LogP contribution in [-0.2, 0) is 23.8 Å². The molecule has 13 heteroatoms. The smallest absolute Gasteiger partial charge is 0.312 e. The number of phenolic OH excluding ortho intramolecular Hbond substituents is 1. The van der Waals surface area contributed by atoms with Crippen molar-refractivity contribution in [3.05, 3.63) is 70.2 Å². The summed E-state index contributed by atoms with van der Waals surface area (Å²) in [5.41, 5.74) is -1.31. The molecule has 1 aromatic rings. The molecule has 9 atom stereocenters. The van der Waals surface area contributed by atoms with E-state index in [1.807, 2.05) is 0 Å². The van der Waals surface area contributed by atoms with E-state index < -0.39 is 100 Å². The number of carbonyl (C=O) groups excluding carboxylic acids is 5. The number of aromatic hydroxyl groups is 1. The molecule has 1 aromatic carbocycles. The summed E-state index contributed by atoms with van der Waals surface area (Å²) in [4.78, 5) is 66.2. The molecule has 0 saturated heterocycles. The fraction of sp³-hybridized carbons (Fsp3) is 0.486. The molecule has 0 aromatic heterocycles. The highest BCUT2D eigenvalue weighted by molar-refractivity contribution is 6.30. The van der Waals surface area contributed by atoms with Crippen molar-refractivity contribution in [3.8, 4) is 11.5 Å². The normalized spacial score (nSPS) is 34.5. The molecule has 3 heterocycles. The Labute approximate surface area is 290 Å². The SMILES string of the molecule is CO[C@H]1/C=C\O[C@@]2(C)Oc3c(C)c(O)c4c(c3C2=O)C(=O)C=C(NC(=O)/C(C)=C\C=C/[C@H](C)[C@H](O)[C@@H](C)[C@H](O)[C@H](C)[C@H](OC(C)=O)[C@@H]1C)C4=O. The Hall–Kier alpha value is -4.59. The first-order valence-electron chi connectivity index (χ1n) is 16.4. The first-order valence-corrected chi connectivity index (χ1v) is 16.4. The van der Waals surface area contributed by atoms with E-state index in [0.717, 1.165) is 12.3 Å². The number of amides is 1. The number of ether oxygens (including phenoxy) is 4. The maximum atomic E-state index is 13.9. The van der Waals surface area contributed by atoms with Crippen molar-refractivity contribution in [2.24, 2.45) is 23.7 Å². The van der Waals surface area contributed by atoms with Gasteiger partial charge in [-0.1, -0.05) is 45.9 Å². The lowest BCUT2D eigenvalue weighted by Gasteiger charge is -2.38. The average molecular weight is 696 g/mol. The molecule has 0 radical (unpaired) electrons. The number of aliphatic hydroxyl groups excluding tert-OH is 2. The Balaban J connectivity index is 1.83. The van der Waals surface area contributed by atoms with E-state index in [1.54, 1.807) is 39.8 Å². The average Bonchev–Trinajstić information content (AvgIpc) is 3.33. The Kier molecular flexibility index (Phi) is 11.2. The summed E-state index contributed by atoms with van der Waals surface area (Å²) < 4.78 is 23.1. The monoisotopic (exact) mass is 695 g/mol. The van der Waals surface area contributed by atoms with E-state index in [2.05, 4.69) is 5.32 Å². The van der Waals surface area contributed by atoms with Crippen LogP contribution in [-0.4, -0.2) is 81.9 Å². The van der Waals surface area contributed by atoms with Gasteiger partial charge >= 0.3 is 11.8 Å². The summed E-state index contributed by atoms with van der Waals surface area (Å²) >= 11 is 0. The second-order valence-electron chi connectivity index (χ2n) is 13.4. The van der Waals surface area contributed by atoms with Gasteiger partial charge in [0.15, 0.2) is 5.78 Å². The minimum atomic E-state index is -2.03. The quantitative estimate of drug-likeness (QED) is 0.329. The molecule has 0 fully saturated rings. The predicted octanol–water partition coefficient (Wildman–Crippen LogP) is 3.63. The number of rotatable bonds is 2. The Morgan fingerprint density at radius 1 is 0.940 bits per heavy atom. The van der Waals surface area contributed by atoms with Crippen LogP contribution in [0.25, 0.3) is 0 Å². The third-order valence-electron chi connectivity index (χ3n) is 9.80. The van der Waals surface area contributed by atoms with Gasteiger partial charge in [-0.15, -0.1) is 0 Å². The molecule has 0 spiro atoms. The van der Waals surface area contributed by atoms with Crippen LogP contribution < -0.4 is 10.1 Å². The molecule has 1 amide bonds. The van der Waals surface area contributed by atoms with Crippen LogP contribution >= 0.6 is 0 Å². The van der Waals surface area contributed by atoms with E-state index in [4.69, 9.17) is 18.9 Å². The fourth-order valence-electron chi connectivity index (χ4n) is 6.62. The minimum absolute atomic E-state index is 0.00885. The Morgan fingerprint density at radius 3 is 2.22 bits per heavy atom. The molecule has 13 nitrogen and oxygen atoms in total. The van der Waals surface area contributed by atoms with E-state index in [1.165, 1.54) is 47.0 Å². The molecule has 3 aliphatic heterocycles. The zero-order chi connectivity index (χ0) is 37.4. The number of phenols is 1. The van der Waals surface area contributed by atoms with Gasteiger partial charge in [0.25, 0.3) is 11.7 Å². The van der Waals surface area contributed by atoms with Crippen LogP contribution in [0, 0.1) is 30.6 Å². The van der Waals surface area contributed by atoms with Gasteiger partial charge in [0.05, 0.1) is 47.0 Å². The molecule has 0 unspecified atom stereocenters. The van der Waals surface area contributed by atoms with Gasteiger partial charge in [0.2, 0.25) is 5.78 Å². The maximum absolute atomic E-state index is 13.9. The van der Waals surface area contributed by atoms with Gasteiger partial charge in [-0.05, 0) is 19.9 Å². The summed E-state index contributed by atoms with van der Waals surface area (Å²) in [6.45, 7) is 12.3. The topological polar surface area (TPSA) is 195 Å². The van der Waals surface area contributed by atoms with E-state index in [-0.39, 0.29) is 28.0 Å². The third kappa shape index (κ3) is 7.03. The zero-order valence-corrected chi connectivity index (χ0v) is 29.6. The van der Waals surface area contributed by atoms with Gasteiger partial charge in [0.1, 0.15) is 17.6 Å². The predicted molar refractivity (Wildman–Crippen MR) is 179 cm³/mol. The number of fused-ring (bicyclic) bond motifs is 14. The minimum Gasteiger partial charge on any atom is -0.507 e. The summed E-state index contributed by atoms with van der Waals surface area (Å²) in [6.07, 6.45) is 4.31. The third-order valence-corrected chi connectivity index (χ3v) is 9.80. The Morgan fingerprint density at radius 2 is 1.60 bits per heavy atom. The van der Waals surface area contributed by atoms with Crippen LogP contribution in [0.1, 0.15) is 85.1 Å². The van der Waals surface area contributed by atoms with Crippen molar-refractivity contribution in [3.63, 3.8) is 0 Å². The first kappa shape index (κ1) is 38.2. The van der Waals surface area contributed by atoms with E-state index in [0.29, 0.717) is 0 Å². The summed E-state index contributed by atoms with van der Waals surface area (Å²) in [5, 5.41) is 36.1. The lowest BCUT2D eigenvalue weighted by Crippen LogP contribution is -2.46. The van der Waals surface area contributed by atoms with E-state index in [9.17, 15) is 39.3 Å². The standard InChI is InChI=1S/C37H45NO12/c1-16-11-10-12-17(2)36(46)38-23-15-24(40)26-27(32(23)44)31(43)21(6)34-28(26)35(45)37(8,50-34)48-14-13-25(47-9)18(3)33(49-22(7)39)20(5)30(42)19(4)29(16)41/h10-16,18-20,25,29-30,33,41-43H,1-9H3,(H,38,46)/b11-10-,14-13-,17-12-/t16-,18+,19+,20-,25-,29-,30-,33+,37-/m0/s1. The number of nitrogens with one attached hydrogen (secondary N) is 1. The summed E-state index contributed by atoms with van der Waals surface area (Å²) in [5.74, 6) is -8.99. The van der Waals surface area contributed by atoms with Gasteiger partial charge in [-0.25, -0.2) is 0 Å². The molecular formula is C37H45NO12. The maximum Gasteiger partial charge on any atom is 0.312 e. The van der Waals surface area contributed by atoms with E-state index >= 15 is 0 Å². The van der Waals surface area contributed by atoms with Crippen molar-refractivity contribution in [2.45, 2.75) is 85.6 Å². The highest BCUT2D eigenvalue weighted by Crippen LogP contribution is 2.47. The van der Waals surface area contributed by atoms with Crippen LogP contribution in [0.4, 0.5) is 0 Å². The number of esters is 1. The summed E-state index contributed by atoms with van der Waals surface area (Å²) in [6, 6.07) is 0. The Bertz CT molecular complexity index is 1720. The second-order valence-corrected chi connectivity index (χ2v) is 13.4. The number of hydrogen-bond acceptors (Lipinski definition) is 12. The van der Waals surface area contributed by atoms with Crippen LogP contribution in [0.2, 0.25) is 0 Å². The van der Waals surface area contributed by atoms with Gasteiger partial charge in [-0.2, -0.15) is 0 Å². The molecule has 0 saturated carbocycles. The number of carbonyl (C=O) groups is 5. The molecule has 4 N–H and O–H groups in total. The number of hydrogen-bond donors (Lipinski definition) is 4. The van der Waals surface area contributed by atoms with Crippen molar-refractivity contribution in [2.75, 3.05) is 7.11 Å². The number of allylic oxidation sites excluding steroid dienone is 4. The molecule has 50 heavy (non-hydrogen) atoms. The molecule has 5 bridgehead atoms.